The first-order valence-corrected chi connectivity index (χ1v) is 4.07. The van der Waals surface area contributed by atoms with E-state index in [-0.39, 0.29) is 0 Å². The largest absolute Gasteiger partial charge is 0.375 e. The SMILES string of the molecule is C=C(/C=C\C(=C)N(C)CC)CN. The molecule has 0 saturated carbocycles. The third-order valence-corrected chi connectivity index (χ3v) is 1.74. The lowest BCUT2D eigenvalue weighted by atomic mass is 10.2. The predicted molar refractivity (Wildman–Crippen MR) is 54.8 cm³/mol. The zero-order valence-electron chi connectivity index (χ0n) is 8.01. The number of allylic oxidation sites excluding steroid dienone is 1. The molecule has 0 atom stereocenters. The summed E-state index contributed by atoms with van der Waals surface area (Å²) in [7, 11) is 2.00. The van der Waals surface area contributed by atoms with E-state index < -0.39 is 0 Å². The third kappa shape index (κ3) is 3.98. The Hall–Kier alpha value is -1.02. The minimum atomic E-state index is 0.500. The lowest BCUT2D eigenvalue weighted by molar-refractivity contribution is 0.458. The summed E-state index contributed by atoms with van der Waals surface area (Å²) in [5.74, 6) is 0. The third-order valence-electron chi connectivity index (χ3n) is 1.74. The maximum absolute atomic E-state index is 5.37. The van der Waals surface area contributed by atoms with E-state index >= 15 is 0 Å². The molecule has 0 amide bonds. The van der Waals surface area contributed by atoms with Crippen LogP contribution in [-0.4, -0.2) is 25.0 Å². The maximum atomic E-state index is 5.37. The van der Waals surface area contributed by atoms with Gasteiger partial charge in [0.1, 0.15) is 0 Å². The minimum absolute atomic E-state index is 0.500. The van der Waals surface area contributed by atoms with Crippen LogP contribution in [0.4, 0.5) is 0 Å². The number of nitrogens with zero attached hydrogens (tertiary/aromatic N) is 1. The lowest BCUT2D eigenvalue weighted by Gasteiger charge is -2.16. The first-order chi connectivity index (χ1) is 5.61. The van der Waals surface area contributed by atoms with Crippen LogP contribution >= 0.6 is 0 Å². The number of hydrogen-bond donors (Lipinski definition) is 1. The van der Waals surface area contributed by atoms with Crippen LogP contribution in [-0.2, 0) is 0 Å². The molecule has 0 aliphatic carbocycles. The Morgan fingerprint density at radius 3 is 2.42 bits per heavy atom. The Morgan fingerprint density at radius 2 is 2.00 bits per heavy atom. The highest BCUT2D eigenvalue weighted by molar-refractivity contribution is 5.23. The van der Waals surface area contributed by atoms with Gasteiger partial charge in [0, 0.05) is 25.8 Å². The van der Waals surface area contributed by atoms with Gasteiger partial charge in [0.2, 0.25) is 0 Å². The van der Waals surface area contributed by atoms with Gasteiger partial charge in [0.15, 0.2) is 0 Å². The molecule has 0 spiro atoms. The molecule has 0 aromatic heterocycles. The summed E-state index contributed by atoms with van der Waals surface area (Å²) in [6, 6.07) is 0. The second-order valence-corrected chi connectivity index (χ2v) is 2.70. The van der Waals surface area contributed by atoms with Gasteiger partial charge in [0.05, 0.1) is 0 Å². The van der Waals surface area contributed by atoms with Crippen LogP contribution < -0.4 is 5.73 Å². The molecule has 0 bridgehead atoms. The van der Waals surface area contributed by atoms with Crippen molar-refractivity contribution >= 4 is 0 Å². The minimum Gasteiger partial charge on any atom is -0.375 e. The van der Waals surface area contributed by atoms with Crippen molar-refractivity contribution in [2.75, 3.05) is 20.1 Å². The van der Waals surface area contributed by atoms with Gasteiger partial charge < -0.3 is 10.6 Å². The number of rotatable bonds is 5. The summed E-state index contributed by atoms with van der Waals surface area (Å²) in [6.45, 7) is 11.2. The maximum Gasteiger partial charge on any atom is 0.0290 e. The average molecular weight is 166 g/mol. The molecule has 12 heavy (non-hydrogen) atoms. The summed E-state index contributed by atoms with van der Waals surface area (Å²) >= 11 is 0. The predicted octanol–water partition coefficient (Wildman–Crippen LogP) is 1.52. The van der Waals surface area contributed by atoms with Crippen molar-refractivity contribution in [3.05, 3.63) is 36.6 Å². The Morgan fingerprint density at radius 1 is 1.42 bits per heavy atom. The number of hydrogen-bond acceptors (Lipinski definition) is 2. The molecular formula is C10H18N2. The van der Waals surface area contributed by atoms with E-state index in [1.807, 2.05) is 19.2 Å². The lowest BCUT2D eigenvalue weighted by Crippen LogP contribution is -2.14. The van der Waals surface area contributed by atoms with Crippen LogP contribution in [0.25, 0.3) is 0 Å². The van der Waals surface area contributed by atoms with Gasteiger partial charge in [-0.3, -0.25) is 0 Å². The molecule has 0 aromatic rings. The standard InChI is InChI=1S/C10H18N2/c1-5-12(4)10(3)7-6-9(2)8-11/h6-7H,2-3,5,8,11H2,1,4H3/b7-6-. The molecule has 0 aliphatic rings. The zero-order valence-corrected chi connectivity index (χ0v) is 8.01. The zero-order chi connectivity index (χ0) is 9.56. The van der Waals surface area contributed by atoms with E-state index in [0.29, 0.717) is 6.54 Å². The fraction of sp³-hybridized carbons (Fsp3) is 0.400. The topological polar surface area (TPSA) is 29.3 Å². The number of nitrogens with two attached hydrogens (primary N) is 1. The molecule has 0 aromatic carbocycles. The highest BCUT2D eigenvalue weighted by Crippen LogP contribution is 2.01. The summed E-state index contributed by atoms with van der Waals surface area (Å²) in [6.07, 6.45) is 3.83. The first-order valence-electron chi connectivity index (χ1n) is 4.07. The highest BCUT2D eigenvalue weighted by Gasteiger charge is 1.92. The average Bonchev–Trinajstić information content (AvgIpc) is 2.11. The van der Waals surface area contributed by atoms with Gasteiger partial charge >= 0.3 is 0 Å². The van der Waals surface area contributed by atoms with Crippen molar-refractivity contribution in [2.45, 2.75) is 6.92 Å². The molecule has 0 saturated heterocycles. The molecule has 0 fully saturated rings. The van der Waals surface area contributed by atoms with Gasteiger partial charge in [-0.1, -0.05) is 19.2 Å². The van der Waals surface area contributed by atoms with Gasteiger partial charge in [-0.25, -0.2) is 0 Å². The second-order valence-electron chi connectivity index (χ2n) is 2.70. The summed E-state index contributed by atoms with van der Waals surface area (Å²) in [5, 5.41) is 0. The molecule has 0 rings (SSSR count). The second kappa shape index (κ2) is 5.61. The van der Waals surface area contributed by atoms with E-state index in [1.165, 1.54) is 0 Å². The van der Waals surface area contributed by atoms with Crippen LogP contribution in [0.3, 0.4) is 0 Å². The molecule has 2 N–H and O–H groups in total. The van der Waals surface area contributed by atoms with Crippen molar-refractivity contribution in [3.8, 4) is 0 Å². The molecule has 0 unspecified atom stereocenters. The first kappa shape index (κ1) is 11.0. The van der Waals surface area contributed by atoms with Crippen molar-refractivity contribution in [1.29, 1.82) is 0 Å². The van der Waals surface area contributed by atoms with E-state index in [1.54, 1.807) is 0 Å². The van der Waals surface area contributed by atoms with Crippen LogP contribution in [0, 0.1) is 0 Å². The summed E-state index contributed by atoms with van der Waals surface area (Å²) in [5.41, 5.74) is 7.27. The van der Waals surface area contributed by atoms with E-state index in [4.69, 9.17) is 5.73 Å². The van der Waals surface area contributed by atoms with Gasteiger partial charge in [0.25, 0.3) is 0 Å². The molecule has 0 heterocycles. The van der Waals surface area contributed by atoms with Crippen molar-refractivity contribution in [3.63, 3.8) is 0 Å². The van der Waals surface area contributed by atoms with E-state index in [9.17, 15) is 0 Å². The highest BCUT2D eigenvalue weighted by atomic mass is 15.1. The van der Waals surface area contributed by atoms with Gasteiger partial charge in [-0.2, -0.15) is 0 Å². The molecule has 68 valence electrons. The van der Waals surface area contributed by atoms with Crippen molar-refractivity contribution in [1.82, 2.24) is 4.90 Å². The summed E-state index contributed by atoms with van der Waals surface area (Å²) < 4.78 is 0. The summed E-state index contributed by atoms with van der Waals surface area (Å²) in [4.78, 5) is 2.06. The normalized spacial score (nSPS) is 10.2. The number of likely N-dealkylation sites (N-methyl/N-ethyl adjacent to an activating group) is 1. The van der Waals surface area contributed by atoms with Crippen molar-refractivity contribution in [2.24, 2.45) is 5.73 Å². The Labute approximate surface area is 75.1 Å². The molecular weight excluding hydrogens is 148 g/mol. The van der Waals surface area contributed by atoms with Crippen LogP contribution in [0.2, 0.25) is 0 Å². The Balaban J connectivity index is 3.99. The monoisotopic (exact) mass is 166 g/mol. The quantitative estimate of drug-likeness (QED) is 0.627. The molecule has 2 heteroatoms. The van der Waals surface area contributed by atoms with Crippen molar-refractivity contribution < 1.29 is 0 Å². The van der Waals surface area contributed by atoms with E-state index in [0.717, 1.165) is 17.8 Å². The van der Waals surface area contributed by atoms with Gasteiger partial charge in [-0.15, -0.1) is 0 Å². The Kier molecular flexibility index (Phi) is 5.13. The van der Waals surface area contributed by atoms with Crippen LogP contribution in [0.5, 0.6) is 0 Å². The molecule has 2 nitrogen and oxygen atoms in total. The molecule has 0 radical (unpaired) electrons. The van der Waals surface area contributed by atoms with E-state index in [2.05, 4.69) is 25.0 Å². The smallest absolute Gasteiger partial charge is 0.0290 e. The Bertz CT molecular complexity index is 192. The molecule has 0 aliphatic heterocycles. The van der Waals surface area contributed by atoms with Crippen LogP contribution in [0.15, 0.2) is 36.6 Å². The fourth-order valence-corrected chi connectivity index (χ4v) is 0.612. The van der Waals surface area contributed by atoms with Crippen LogP contribution in [0.1, 0.15) is 6.92 Å². The van der Waals surface area contributed by atoms with Gasteiger partial charge in [-0.05, 0) is 18.6 Å². The fourth-order valence-electron chi connectivity index (χ4n) is 0.612.